The molecular weight excluding hydrogens is 300 g/mol. The molecule has 0 spiro atoms. The lowest BCUT2D eigenvalue weighted by Gasteiger charge is -2.30. The number of carbonyl (C=O) groups excluding carboxylic acids is 1. The summed E-state index contributed by atoms with van der Waals surface area (Å²) >= 11 is 0. The number of carbonyl (C=O) groups is 1. The Morgan fingerprint density at radius 2 is 2.04 bits per heavy atom. The lowest BCUT2D eigenvalue weighted by molar-refractivity contribution is -0.127. The topological polar surface area (TPSA) is 41.6 Å². The summed E-state index contributed by atoms with van der Waals surface area (Å²) in [5.74, 6) is 1.64. The van der Waals surface area contributed by atoms with E-state index in [1.807, 2.05) is 31.2 Å². The molecule has 0 aliphatic carbocycles. The van der Waals surface area contributed by atoms with Gasteiger partial charge in [-0.1, -0.05) is 32.0 Å². The number of ether oxygens (including phenoxy) is 1. The maximum absolute atomic E-state index is 12.2. The van der Waals surface area contributed by atoms with Crippen molar-refractivity contribution in [1.82, 2.24) is 10.2 Å². The maximum Gasteiger partial charge on any atom is 0.260 e. The summed E-state index contributed by atoms with van der Waals surface area (Å²) in [6.45, 7) is 10.4. The second kappa shape index (κ2) is 9.67. The Balaban J connectivity index is 1.66. The number of rotatable bonds is 8. The van der Waals surface area contributed by atoms with Crippen molar-refractivity contribution in [2.45, 2.75) is 52.6 Å². The molecule has 1 heterocycles. The number of benzene rings is 1. The minimum absolute atomic E-state index is 0.0341. The Morgan fingerprint density at radius 1 is 1.33 bits per heavy atom. The molecule has 0 radical (unpaired) electrons. The van der Waals surface area contributed by atoms with Crippen LogP contribution in [0.3, 0.4) is 0 Å². The molecule has 2 rings (SSSR count). The highest BCUT2D eigenvalue weighted by molar-refractivity contribution is 5.80. The maximum atomic E-state index is 12.2. The van der Waals surface area contributed by atoms with Crippen molar-refractivity contribution >= 4 is 5.91 Å². The fourth-order valence-electron chi connectivity index (χ4n) is 3.10. The van der Waals surface area contributed by atoms with Crippen molar-refractivity contribution < 1.29 is 9.53 Å². The third-order valence-electron chi connectivity index (χ3n) is 4.85. The summed E-state index contributed by atoms with van der Waals surface area (Å²) in [7, 11) is 0. The largest absolute Gasteiger partial charge is 0.481 e. The zero-order chi connectivity index (χ0) is 17.4. The highest BCUT2D eigenvalue weighted by atomic mass is 16.5. The molecule has 1 saturated heterocycles. The SMILES string of the molecule is CCc1ccccc1O[C@H](C)C(=O)NCCCN1CCC(C)CC1. The smallest absolute Gasteiger partial charge is 0.260 e. The Hall–Kier alpha value is -1.55. The van der Waals surface area contributed by atoms with Gasteiger partial charge in [0.25, 0.3) is 5.91 Å². The second-order valence-corrected chi connectivity index (χ2v) is 6.89. The van der Waals surface area contributed by atoms with E-state index in [4.69, 9.17) is 4.74 Å². The van der Waals surface area contributed by atoms with E-state index >= 15 is 0 Å². The van der Waals surface area contributed by atoms with E-state index < -0.39 is 6.10 Å². The molecule has 0 unspecified atom stereocenters. The van der Waals surface area contributed by atoms with Crippen molar-refractivity contribution in [1.29, 1.82) is 0 Å². The molecule has 24 heavy (non-hydrogen) atoms. The molecule has 0 bridgehead atoms. The molecule has 4 heteroatoms. The summed E-state index contributed by atoms with van der Waals surface area (Å²) in [5.41, 5.74) is 1.14. The molecule has 1 atom stereocenters. The lowest BCUT2D eigenvalue weighted by atomic mass is 9.99. The van der Waals surface area contributed by atoms with Gasteiger partial charge < -0.3 is 15.0 Å². The van der Waals surface area contributed by atoms with Gasteiger partial charge >= 0.3 is 0 Å². The van der Waals surface area contributed by atoms with E-state index in [-0.39, 0.29) is 5.91 Å². The number of para-hydroxylation sites is 1. The summed E-state index contributed by atoms with van der Waals surface area (Å²) in [5, 5.41) is 3.00. The Morgan fingerprint density at radius 3 is 2.75 bits per heavy atom. The predicted molar refractivity (Wildman–Crippen MR) is 98.4 cm³/mol. The monoisotopic (exact) mass is 332 g/mol. The van der Waals surface area contributed by atoms with Crippen LogP contribution < -0.4 is 10.1 Å². The molecule has 134 valence electrons. The van der Waals surface area contributed by atoms with E-state index in [1.165, 1.54) is 25.9 Å². The van der Waals surface area contributed by atoms with Gasteiger partial charge in [0.1, 0.15) is 5.75 Å². The molecule has 1 aromatic carbocycles. The predicted octanol–water partition coefficient (Wildman–Crippen LogP) is 3.25. The van der Waals surface area contributed by atoms with E-state index in [9.17, 15) is 4.79 Å². The highest BCUT2D eigenvalue weighted by Gasteiger charge is 2.17. The summed E-state index contributed by atoms with van der Waals surface area (Å²) < 4.78 is 5.83. The van der Waals surface area contributed by atoms with Crippen LogP contribution in [0, 0.1) is 5.92 Å². The number of aryl methyl sites for hydroxylation is 1. The van der Waals surface area contributed by atoms with Crippen LogP contribution in [0.15, 0.2) is 24.3 Å². The Kier molecular flexibility index (Phi) is 7.57. The van der Waals surface area contributed by atoms with Crippen LogP contribution >= 0.6 is 0 Å². The molecule has 1 aliphatic heterocycles. The quantitative estimate of drug-likeness (QED) is 0.743. The normalized spacial score (nSPS) is 17.5. The first kappa shape index (κ1) is 18.8. The third-order valence-corrected chi connectivity index (χ3v) is 4.85. The Labute approximate surface area is 146 Å². The second-order valence-electron chi connectivity index (χ2n) is 6.89. The van der Waals surface area contributed by atoms with E-state index in [2.05, 4.69) is 24.1 Å². The molecule has 0 saturated carbocycles. The molecule has 1 aromatic rings. The van der Waals surface area contributed by atoms with Crippen LogP contribution in [0.5, 0.6) is 5.75 Å². The average Bonchev–Trinajstić information content (AvgIpc) is 2.60. The third kappa shape index (κ3) is 5.82. The molecule has 4 nitrogen and oxygen atoms in total. The number of hydrogen-bond donors (Lipinski definition) is 1. The van der Waals surface area contributed by atoms with Gasteiger partial charge in [0.05, 0.1) is 0 Å². The van der Waals surface area contributed by atoms with E-state index in [0.717, 1.165) is 36.6 Å². The Bertz CT molecular complexity index is 510. The summed E-state index contributed by atoms with van der Waals surface area (Å²) in [6, 6.07) is 7.91. The van der Waals surface area contributed by atoms with Crippen LogP contribution in [-0.4, -0.2) is 43.1 Å². The number of piperidine rings is 1. The van der Waals surface area contributed by atoms with Crippen LogP contribution in [-0.2, 0) is 11.2 Å². The zero-order valence-corrected chi connectivity index (χ0v) is 15.4. The van der Waals surface area contributed by atoms with E-state index in [1.54, 1.807) is 0 Å². The zero-order valence-electron chi connectivity index (χ0n) is 15.4. The van der Waals surface area contributed by atoms with Crippen molar-refractivity contribution in [3.8, 4) is 5.75 Å². The summed E-state index contributed by atoms with van der Waals surface area (Å²) in [6.07, 6.45) is 4.04. The van der Waals surface area contributed by atoms with Crippen molar-refractivity contribution in [3.05, 3.63) is 29.8 Å². The van der Waals surface area contributed by atoms with Crippen LogP contribution in [0.1, 0.15) is 45.6 Å². The van der Waals surface area contributed by atoms with Crippen molar-refractivity contribution in [2.24, 2.45) is 5.92 Å². The molecule has 1 amide bonds. The van der Waals surface area contributed by atoms with Gasteiger partial charge in [0.15, 0.2) is 6.10 Å². The first-order valence-electron chi connectivity index (χ1n) is 9.34. The minimum Gasteiger partial charge on any atom is -0.481 e. The van der Waals surface area contributed by atoms with Gasteiger partial charge in [-0.15, -0.1) is 0 Å². The van der Waals surface area contributed by atoms with Crippen LogP contribution in [0.4, 0.5) is 0 Å². The highest BCUT2D eigenvalue weighted by Crippen LogP contribution is 2.19. The molecule has 1 aliphatic rings. The number of hydrogen-bond acceptors (Lipinski definition) is 3. The first-order chi connectivity index (χ1) is 11.6. The average molecular weight is 332 g/mol. The number of nitrogens with zero attached hydrogens (tertiary/aromatic N) is 1. The van der Waals surface area contributed by atoms with Gasteiger partial charge in [-0.2, -0.15) is 0 Å². The van der Waals surface area contributed by atoms with Gasteiger partial charge in [0, 0.05) is 6.54 Å². The number of nitrogens with one attached hydrogen (secondary N) is 1. The van der Waals surface area contributed by atoms with Crippen molar-refractivity contribution in [2.75, 3.05) is 26.2 Å². The standard InChI is InChI=1S/C20H32N2O2/c1-4-18-8-5-6-9-19(18)24-17(3)20(23)21-12-7-13-22-14-10-16(2)11-15-22/h5-6,8-9,16-17H,4,7,10-15H2,1-3H3,(H,21,23)/t17-/m1/s1. The number of likely N-dealkylation sites (tertiary alicyclic amines) is 1. The van der Waals surface area contributed by atoms with Crippen molar-refractivity contribution in [3.63, 3.8) is 0 Å². The van der Waals surface area contributed by atoms with Gasteiger partial charge in [-0.05, 0) is 69.8 Å². The lowest BCUT2D eigenvalue weighted by Crippen LogP contribution is -2.39. The van der Waals surface area contributed by atoms with Crippen LogP contribution in [0.2, 0.25) is 0 Å². The van der Waals surface area contributed by atoms with E-state index in [0.29, 0.717) is 6.54 Å². The minimum atomic E-state index is -0.464. The van der Waals surface area contributed by atoms with Gasteiger partial charge in [-0.25, -0.2) is 0 Å². The summed E-state index contributed by atoms with van der Waals surface area (Å²) in [4.78, 5) is 14.7. The molecule has 0 aromatic heterocycles. The fourth-order valence-corrected chi connectivity index (χ4v) is 3.10. The first-order valence-corrected chi connectivity index (χ1v) is 9.34. The molecule has 1 N–H and O–H groups in total. The van der Waals surface area contributed by atoms with Gasteiger partial charge in [0.2, 0.25) is 0 Å². The molecule has 1 fully saturated rings. The molecular formula is C20H32N2O2. The van der Waals surface area contributed by atoms with Gasteiger partial charge in [-0.3, -0.25) is 4.79 Å². The number of amides is 1. The fraction of sp³-hybridized carbons (Fsp3) is 0.650. The van der Waals surface area contributed by atoms with Crippen LogP contribution in [0.25, 0.3) is 0 Å².